The molecule has 2 nitrogen and oxygen atoms in total. The fourth-order valence-corrected chi connectivity index (χ4v) is 1.35. The number of carbonyl (C=O) groups excluding carboxylic acids is 1. The largest absolute Gasteiger partial charge is 0.383 e. The van der Waals surface area contributed by atoms with E-state index in [-0.39, 0.29) is 5.78 Å². The molecule has 1 rings (SSSR count). The van der Waals surface area contributed by atoms with Crippen LogP contribution in [-0.2, 0) is 4.79 Å². The molecule has 0 radical (unpaired) electrons. The van der Waals surface area contributed by atoms with Crippen molar-refractivity contribution in [3.05, 3.63) is 36.1 Å². The van der Waals surface area contributed by atoms with Gasteiger partial charge in [0, 0.05) is 20.5 Å². The number of rotatable bonds is 3. The van der Waals surface area contributed by atoms with Crippen molar-refractivity contribution in [1.29, 1.82) is 0 Å². The maximum absolute atomic E-state index is 11.1. The van der Waals surface area contributed by atoms with Crippen molar-refractivity contribution in [3.8, 4) is 0 Å². The van der Waals surface area contributed by atoms with Gasteiger partial charge >= 0.3 is 0 Å². The maximum Gasteiger partial charge on any atom is 0.155 e. The zero-order valence-electron chi connectivity index (χ0n) is 8.86. The highest BCUT2D eigenvalue weighted by atomic mass is 16.1. The first-order valence-corrected chi connectivity index (χ1v) is 4.93. The van der Waals surface area contributed by atoms with Crippen LogP contribution in [0.5, 0.6) is 0 Å². The summed E-state index contributed by atoms with van der Waals surface area (Å²) in [5.41, 5.74) is 1.14. The third-order valence-electron chi connectivity index (χ3n) is 2.04. The Morgan fingerprint density at radius 1 is 1.29 bits per heavy atom. The van der Waals surface area contributed by atoms with Gasteiger partial charge in [0.1, 0.15) is 0 Å². The minimum Gasteiger partial charge on any atom is -0.383 e. The zero-order valence-corrected chi connectivity index (χ0v) is 8.86. The highest BCUT2D eigenvalue weighted by Gasteiger charge is 2.06. The van der Waals surface area contributed by atoms with Crippen LogP contribution in [0.25, 0.3) is 0 Å². The molecule has 0 bridgehead atoms. The number of hydrogen-bond acceptors (Lipinski definition) is 2. The third-order valence-corrected chi connectivity index (χ3v) is 2.04. The molecule has 0 atom stereocenters. The van der Waals surface area contributed by atoms with Gasteiger partial charge in [-0.1, -0.05) is 12.2 Å². The summed E-state index contributed by atoms with van der Waals surface area (Å²) in [7, 11) is 3.96. The molecule has 0 aromatic carbocycles. The summed E-state index contributed by atoms with van der Waals surface area (Å²) >= 11 is 0. The van der Waals surface area contributed by atoms with Gasteiger partial charge in [-0.25, -0.2) is 0 Å². The Bertz CT molecular complexity index is 285. The highest BCUT2D eigenvalue weighted by molar-refractivity contribution is 5.91. The predicted molar refractivity (Wildman–Crippen MR) is 58.9 cm³/mol. The van der Waals surface area contributed by atoms with Crippen LogP contribution in [0.1, 0.15) is 19.3 Å². The van der Waals surface area contributed by atoms with Gasteiger partial charge in [0.15, 0.2) is 5.78 Å². The van der Waals surface area contributed by atoms with Crippen LogP contribution < -0.4 is 0 Å². The summed E-state index contributed by atoms with van der Waals surface area (Å²) in [6.07, 6.45) is 12.4. The normalized spacial score (nSPS) is 17.9. The first-order valence-electron chi connectivity index (χ1n) is 4.93. The molecular weight excluding hydrogens is 174 g/mol. The van der Waals surface area contributed by atoms with Crippen LogP contribution in [0.15, 0.2) is 36.1 Å². The molecule has 0 heterocycles. The first kappa shape index (κ1) is 10.8. The van der Waals surface area contributed by atoms with Crippen LogP contribution in [0.3, 0.4) is 0 Å². The molecule has 0 fully saturated rings. The van der Waals surface area contributed by atoms with Crippen molar-refractivity contribution in [1.82, 2.24) is 4.90 Å². The first-order chi connectivity index (χ1) is 6.68. The Hall–Kier alpha value is -1.31. The van der Waals surface area contributed by atoms with E-state index in [9.17, 15) is 4.79 Å². The minimum absolute atomic E-state index is 0.257. The molecule has 1 aliphatic carbocycles. The van der Waals surface area contributed by atoms with Gasteiger partial charge in [-0.15, -0.1) is 0 Å². The number of allylic oxidation sites excluding steroid dienone is 5. The van der Waals surface area contributed by atoms with Gasteiger partial charge in [-0.3, -0.25) is 4.79 Å². The Balaban J connectivity index is 2.47. The van der Waals surface area contributed by atoms with Gasteiger partial charge < -0.3 is 4.90 Å². The van der Waals surface area contributed by atoms with Gasteiger partial charge in [0.25, 0.3) is 0 Å². The van der Waals surface area contributed by atoms with E-state index < -0.39 is 0 Å². The molecule has 76 valence electrons. The summed E-state index contributed by atoms with van der Waals surface area (Å²) < 4.78 is 0. The van der Waals surface area contributed by atoms with Gasteiger partial charge in [0.05, 0.1) is 0 Å². The number of carbonyl (C=O) groups is 1. The molecule has 0 unspecified atom stereocenters. The van der Waals surface area contributed by atoms with Gasteiger partial charge in [-0.05, 0) is 36.8 Å². The van der Waals surface area contributed by atoms with E-state index in [1.165, 1.54) is 0 Å². The van der Waals surface area contributed by atoms with Gasteiger partial charge in [0.2, 0.25) is 0 Å². The standard InChI is InChI=1S/C12H17NO/c1-13(2)9-4-3-6-11-7-5-8-12(14)10-11/h3-4,6,9-10H,5,7-8H2,1-2H3/b6-3+,9-4+. The van der Waals surface area contributed by atoms with E-state index in [4.69, 9.17) is 0 Å². The van der Waals surface area contributed by atoms with Crippen LogP contribution in [0.2, 0.25) is 0 Å². The maximum atomic E-state index is 11.1. The lowest BCUT2D eigenvalue weighted by Crippen LogP contribution is -2.01. The Labute approximate surface area is 85.6 Å². The lowest BCUT2D eigenvalue weighted by molar-refractivity contribution is -0.115. The Morgan fingerprint density at radius 3 is 2.71 bits per heavy atom. The zero-order chi connectivity index (χ0) is 10.4. The van der Waals surface area contributed by atoms with Crippen molar-refractivity contribution in [3.63, 3.8) is 0 Å². The second-order valence-electron chi connectivity index (χ2n) is 3.70. The molecule has 0 saturated carbocycles. The quantitative estimate of drug-likeness (QED) is 0.638. The van der Waals surface area contributed by atoms with E-state index in [2.05, 4.69) is 0 Å². The molecule has 0 N–H and O–H groups in total. The van der Waals surface area contributed by atoms with Crippen LogP contribution in [0, 0.1) is 0 Å². The van der Waals surface area contributed by atoms with E-state index in [1.807, 2.05) is 43.4 Å². The minimum atomic E-state index is 0.257. The fraction of sp³-hybridized carbons (Fsp3) is 0.417. The second kappa shape index (κ2) is 5.43. The van der Waals surface area contributed by atoms with Crippen molar-refractivity contribution >= 4 is 5.78 Å². The lowest BCUT2D eigenvalue weighted by Gasteiger charge is -2.06. The van der Waals surface area contributed by atoms with Crippen LogP contribution in [0.4, 0.5) is 0 Å². The molecule has 0 saturated heterocycles. The van der Waals surface area contributed by atoms with Crippen molar-refractivity contribution in [2.24, 2.45) is 0 Å². The molecular formula is C12H17NO. The molecule has 0 aromatic heterocycles. The highest BCUT2D eigenvalue weighted by Crippen LogP contribution is 2.15. The topological polar surface area (TPSA) is 20.3 Å². The second-order valence-corrected chi connectivity index (χ2v) is 3.70. The molecule has 0 aromatic rings. The monoisotopic (exact) mass is 191 g/mol. The van der Waals surface area contributed by atoms with E-state index in [1.54, 1.807) is 6.08 Å². The molecule has 14 heavy (non-hydrogen) atoms. The van der Waals surface area contributed by atoms with Gasteiger partial charge in [-0.2, -0.15) is 0 Å². The summed E-state index contributed by atoms with van der Waals surface area (Å²) in [5, 5.41) is 0. The number of hydrogen-bond donors (Lipinski definition) is 0. The van der Waals surface area contributed by atoms with E-state index >= 15 is 0 Å². The molecule has 1 aliphatic rings. The molecule has 2 heteroatoms. The SMILES string of the molecule is CN(C)/C=C/C=C/C1=CC(=O)CCC1. The third kappa shape index (κ3) is 4.08. The summed E-state index contributed by atoms with van der Waals surface area (Å²) in [6, 6.07) is 0. The number of ketones is 1. The Kier molecular flexibility index (Phi) is 4.17. The Morgan fingerprint density at radius 2 is 2.07 bits per heavy atom. The summed E-state index contributed by atoms with van der Waals surface area (Å²) in [5.74, 6) is 0.257. The lowest BCUT2D eigenvalue weighted by atomic mass is 9.98. The smallest absolute Gasteiger partial charge is 0.155 e. The van der Waals surface area contributed by atoms with Crippen LogP contribution in [-0.4, -0.2) is 24.8 Å². The average molecular weight is 191 g/mol. The van der Waals surface area contributed by atoms with Crippen molar-refractivity contribution in [2.45, 2.75) is 19.3 Å². The molecule has 0 amide bonds. The van der Waals surface area contributed by atoms with E-state index in [0.717, 1.165) is 18.4 Å². The van der Waals surface area contributed by atoms with Crippen molar-refractivity contribution in [2.75, 3.05) is 14.1 Å². The average Bonchev–Trinajstić information content (AvgIpc) is 2.12. The predicted octanol–water partition coefficient (Wildman–Crippen LogP) is 2.30. The fourth-order valence-electron chi connectivity index (χ4n) is 1.35. The molecule has 0 spiro atoms. The molecule has 0 aliphatic heterocycles. The van der Waals surface area contributed by atoms with Crippen LogP contribution >= 0.6 is 0 Å². The number of nitrogens with zero attached hydrogens (tertiary/aromatic N) is 1. The van der Waals surface area contributed by atoms with E-state index in [0.29, 0.717) is 6.42 Å². The summed E-state index contributed by atoms with van der Waals surface area (Å²) in [4.78, 5) is 13.1. The van der Waals surface area contributed by atoms with Crippen molar-refractivity contribution < 1.29 is 4.79 Å². The summed E-state index contributed by atoms with van der Waals surface area (Å²) in [6.45, 7) is 0.